The molecule has 1 heterocycles. The zero-order valence-electron chi connectivity index (χ0n) is 11.3. The highest BCUT2D eigenvalue weighted by molar-refractivity contribution is 5.40. The van der Waals surface area contributed by atoms with Gasteiger partial charge >= 0.3 is 0 Å². The van der Waals surface area contributed by atoms with Gasteiger partial charge in [0.25, 0.3) is 0 Å². The summed E-state index contributed by atoms with van der Waals surface area (Å²) in [5.41, 5.74) is 0. The average molecular weight is 238 g/mol. The van der Waals surface area contributed by atoms with E-state index in [4.69, 9.17) is 4.74 Å². The summed E-state index contributed by atoms with van der Waals surface area (Å²) in [5.74, 6) is 2.80. The number of nitrogens with zero attached hydrogens (tertiary/aromatic N) is 3. The number of anilines is 1. The standard InChI is InChI=1S/C12H22N4O/c1-9(7-13-3)8-16(4)11-6-12(17-5)15-10(2)14-11/h6,9,13H,7-8H2,1-5H3. The van der Waals surface area contributed by atoms with Crippen molar-refractivity contribution in [2.24, 2.45) is 5.92 Å². The monoisotopic (exact) mass is 238 g/mol. The fraction of sp³-hybridized carbons (Fsp3) is 0.667. The largest absolute Gasteiger partial charge is 0.481 e. The van der Waals surface area contributed by atoms with Crippen LogP contribution in [0.2, 0.25) is 0 Å². The Labute approximate surface area is 103 Å². The molecule has 0 radical (unpaired) electrons. The van der Waals surface area contributed by atoms with Gasteiger partial charge in [0.05, 0.1) is 7.11 Å². The quantitative estimate of drug-likeness (QED) is 0.804. The number of aromatic nitrogens is 2. The number of hydrogen-bond acceptors (Lipinski definition) is 5. The van der Waals surface area contributed by atoms with Crippen LogP contribution in [0.4, 0.5) is 5.82 Å². The van der Waals surface area contributed by atoms with Gasteiger partial charge in [-0.25, -0.2) is 4.98 Å². The molecule has 0 aliphatic heterocycles. The lowest BCUT2D eigenvalue weighted by atomic mass is 10.1. The molecule has 17 heavy (non-hydrogen) atoms. The number of hydrogen-bond donors (Lipinski definition) is 1. The van der Waals surface area contributed by atoms with E-state index in [1.807, 2.05) is 27.1 Å². The third-order valence-corrected chi connectivity index (χ3v) is 2.54. The molecule has 0 aliphatic carbocycles. The van der Waals surface area contributed by atoms with Crippen LogP contribution in [0.25, 0.3) is 0 Å². The van der Waals surface area contributed by atoms with Gasteiger partial charge in [-0.2, -0.15) is 4.98 Å². The predicted octanol–water partition coefficient (Wildman–Crippen LogP) is 1.09. The van der Waals surface area contributed by atoms with Gasteiger partial charge in [0.15, 0.2) is 0 Å². The van der Waals surface area contributed by atoms with Crippen LogP contribution in [0, 0.1) is 12.8 Å². The van der Waals surface area contributed by atoms with Gasteiger partial charge in [-0.15, -0.1) is 0 Å². The van der Waals surface area contributed by atoms with Crippen molar-refractivity contribution in [2.45, 2.75) is 13.8 Å². The van der Waals surface area contributed by atoms with E-state index in [0.29, 0.717) is 11.8 Å². The lowest BCUT2D eigenvalue weighted by Gasteiger charge is -2.22. The molecule has 1 N–H and O–H groups in total. The van der Waals surface area contributed by atoms with Crippen LogP contribution in [0.3, 0.4) is 0 Å². The molecular formula is C12H22N4O. The van der Waals surface area contributed by atoms with Crippen molar-refractivity contribution >= 4 is 5.82 Å². The minimum Gasteiger partial charge on any atom is -0.481 e. The molecule has 1 rings (SSSR count). The van der Waals surface area contributed by atoms with E-state index < -0.39 is 0 Å². The molecule has 0 saturated heterocycles. The minimum absolute atomic E-state index is 0.561. The van der Waals surface area contributed by atoms with Gasteiger partial charge in [0, 0.05) is 19.7 Å². The summed E-state index contributed by atoms with van der Waals surface area (Å²) in [5, 5.41) is 3.17. The molecule has 1 aromatic heterocycles. The van der Waals surface area contributed by atoms with E-state index in [1.54, 1.807) is 7.11 Å². The van der Waals surface area contributed by atoms with Crippen LogP contribution in [0.15, 0.2) is 6.07 Å². The van der Waals surface area contributed by atoms with Crippen molar-refractivity contribution in [3.63, 3.8) is 0 Å². The van der Waals surface area contributed by atoms with Gasteiger partial charge in [-0.1, -0.05) is 6.92 Å². The van der Waals surface area contributed by atoms with Crippen molar-refractivity contribution in [1.82, 2.24) is 15.3 Å². The predicted molar refractivity (Wildman–Crippen MR) is 69.7 cm³/mol. The highest BCUT2D eigenvalue weighted by atomic mass is 16.5. The van der Waals surface area contributed by atoms with Crippen LogP contribution in [-0.2, 0) is 0 Å². The summed E-state index contributed by atoms with van der Waals surface area (Å²) in [4.78, 5) is 10.7. The van der Waals surface area contributed by atoms with Crippen molar-refractivity contribution < 1.29 is 4.74 Å². The van der Waals surface area contributed by atoms with E-state index in [-0.39, 0.29) is 0 Å². The molecule has 0 fully saturated rings. The first kappa shape index (κ1) is 13.7. The highest BCUT2D eigenvalue weighted by Crippen LogP contribution is 2.16. The molecular weight excluding hydrogens is 216 g/mol. The smallest absolute Gasteiger partial charge is 0.218 e. The van der Waals surface area contributed by atoms with Crippen molar-refractivity contribution in [3.05, 3.63) is 11.9 Å². The number of nitrogens with one attached hydrogen (secondary N) is 1. The van der Waals surface area contributed by atoms with Crippen molar-refractivity contribution in [2.75, 3.05) is 39.2 Å². The fourth-order valence-electron chi connectivity index (χ4n) is 1.80. The van der Waals surface area contributed by atoms with E-state index in [2.05, 4.69) is 27.1 Å². The Kier molecular flexibility index (Phi) is 5.15. The number of methoxy groups -OCH3 is 1. The SMILES string of the molecule is CNCC(C)CN(C)c1cc(OC)nc(C)n1. The zero-order valence-corrected chi connectivity index (χ0v) is 11.3. The van der Waals surface area contributed by atoms with Crippen LogP contribution < -0.4 is 15.0 Å². The molecule has 5 heteroatoms. The van der Waals surface area contributed by atoms with Gasteiger partial charge in [0.1, 0.15) is 11.6 Å². The Balaban J connectivity index is 2.74. The Hall–Kier alpha value is -1.36. The Morgan fingerprint density at radius 2 is 2.18 bits per heavy atom. The van der Waals surface area contributed by atoms with Crippen LogP contribution in [-0.4, -0.2) is 44.3 Å². The van der Waals surface area contributed by atoms with E-state index >= 15 is 0 Å². The lowest BCUT2D eigenvalue weighted by molar-refractivity contribution is 0.395. The molecule has 0 bridgehead atoms. The molecule has 5 nitrogen and oxygen atoms in total. The molecule has 96 valence electrons. The molecule has 1 atom stereocenters. The molecule has 0 aliphatic rings. The summed E-state index contributed by atoms with van der Waals surface area (Å²) in [7, 11) is 5.62. The maximum Gasteiger partial charge on any atom is 0.218 e. The maximum atomic E-state index is 5.15. The van der Waals surface area contributed by atoms with E-state index in [0.717, 1.165) is 24.7 Å². The highest BCUT2D eigenvalue weighted by Gasteiger charge is 2.10. The molecule has 1 unspecified atom stereocenters. The normalized spacial score (nSPS) is 12.3. The van der Waals surface area contributed by atoms with Crippen molar-refractivity contribution in [3.8, 4) is 5.88 Å². The second-order valence-corrected chi connectivity index (χ2v) is 4.36. The first-order valence-electron chi connectivity index (χ1n) is 5.82. The Morgan fingerprint density at radius 1 is 1.47 bits per heavy atom. The molecule has 0 saturated carbocycles. The van der Waals surface area contributed by atoms with Crippen LogP contribution in [0.5, 0.6) is 5.88 Å². The topological polar surface area (TPSA) is 50.3 Å². The van der Waals surface area contributed by atoms with Gasteiger partial charge in [-0.3, -0.25) is 0 Å². The van der Waals surface area contributed by atoms with Gasteiger partial charge in [0.2, 0.25) is 5.88 Å². The van der Waals surface area contributed by atoms with Crippen molar-refractivity contribution in [1.29, 1.82) is 0 Å². The third-order valence-electron chi connectivity index (χ3n) is 2.54. The zero-order chi connectivity index (χ0) is 12.8. The first-order valence-corrected chi connectivity index (χ1v) is 5.82. The molecule has 0 amide bonds. The fourth-order valence-corrected chi connectivity index (χ4v) is 1.80. The van der Waals surface area contributed by atoms with Gasteiger partial charge < -0.3 is 15.0 Å². The minimum atomic E-state index is 0.561. The Bertz CT molecular complexity index is 356. The summed E-state index contributed by atoms with van der Waals surface area (Å²) >= 11 is 0. The lowest BCUT2D eigenvalue weighted by Crippen LogP contribution is -2.30. The number of aryl methyl sites for hydroxylation is 1. The second kappa shape index (κ2) is 6.39. The summed E-state index contributed by atoms with van der Waals surface area (Å²) in [6.07, 6.45) is 0. The molecule has 0 aromatic carbocycles. The van der Waals surface area contributed by atoms with E-state index in [9.17, 15) is 0 Å². The average Bonchev–Trinajstić information content (AvgIpc) is 2.28. The summed E-state index contributed by atoms with van der Waals surface area (Å²) in [6.45, 7) is 6.02. The van der Waals surface area contributed by atoms with Crippen LogP contribution >= 0.6 is 0 Å². The maximum absolute atomic E-state index is 5.15. The van der Waals surface area contributed by atoms with Crippen LogP contribution in [0.1, 0.15) is 12.7 Å². The summed E-state index contributed by atoms with van der Waals surface area (Å²) < 4.78 is 5.15. The molecule has 1 aromatic rings. The number of rotatable bonds is 6. The molecule has 0 spiro atoms. The second-order valence-electron chi connectivity index (χ2n) is 4.36. The Morgan fingerprint density at radius 3 is 2.76 bits per heavy atom. The third kappa shape index (κ3) is 4.19. The first-order chi connectivity index (χ1) is 8.06. The van der Waals surface area contributed by atoms with Gasteiger partial charge in [-0.05, 0) is 26.4 Å². The van der Waals surface area contributed by atoms with E-state index in [1.165, 1.54) is 0 Å². The summed E-state index contributed by atoms with van der Waals surface area (Å²) in [6, 6.07) is 1.86. The number of ether oxygens (including phenoxy) is 1.